The van der Waals surface area contributed by atoms with Crippen molar-refractivity contribution < 1.29 is 14.3 Å². The molecule has 0 radical (unpaired) electrons. The van der Waals surface area contributed by atoms with Crippen LogP contribution in [0.25, 0.3) is 5.69 Å². The number of nitrogens with zero attached hydrogens (tertiary/aromatic N) is 3. The Hall–Kier alpha value is -3.48. The first-order chi connectivity index (χ1) is 13.6. The fourth-order valence-corrected chi connectivity index (χ4v) is 2.71. The van der Waals surface area contributed by atoms with Gasteiger partial charge in [0.1, 0.15) is 18.4 Å². The molecule has 3 aromatic rings. The largest absolute Gasteiger partial charge is 0.484 e. The first-order valence-electron chi connectivity index (χ1n) is 9.07. The van der Waals surface area contributed by atoms with Gasteiger partial charge in [-0.3, -0.25) is 9.59 Å². The van der Waals surface area contributed by atoms with Crippen LogP contribution in [0.15, 0.2) is 61.2 Å². The minimum absolute atomic E-state index is 0.0768. The summed E-state index contributed by atoms with van der Waals surface area (Å²) in [6.45, 7) is 3.64. The summed E-state index contributed by atoms with van der Waals surface area (Å²) in [5, 5.41) is 6.99. The van der Waals surface area contributed by atoms with Crippen LogP contribution in [0, 0.1) is 0 Å². The van der Waals surface area contributed by atoms with Crippen molar-refractivity contribution in [1.29, 1.82) is 0 Å². The highest BCUT2D eigenvalue weighted by atomic mass is 16.5. The van der Waals surface area contributed by atoms with Crippen LogP contribution in [0.2, 0.25) is 0 Å². The summed E-state index contributed by atoms with van der Waals surface area (Å²) in [6, 6.07) is 14.4. The van der Waals surface area contributed by atoms with Gasteiger partial charge in [-0.05, 0) is 48.9 Å². The van der Waals surface area contributed by atoms with Gasteiger partial charge < -0.3 is 10.1 Å². The first kappa shape index (κ1) is 19.3. The lowest BCUT2D eigenvalue weighted by molar-refractivity contribution is -0.123. The highest BCUT2D eigenvalue weighted by Crippen LogP contribution is 2.16. The van der Waals surface area contributed by atoms with E-state index in [9.17, 15) is 9.59 Å². The average molecular weight is 378 g/mol. The molecule has 28 heavy (non-hydrogen) atoms. The third-order valence-corrected chi connectivity index (χ3v) is 4.32. The number of ether oxygens (including phenoxy) is 1. The van der Waals surface area contributed by atoms with Crippen molar-refractivity contribution in [2.24, 2.45) is 0 Å². The smallest absolute Gasteiger partial charge is 0.258 e. The van der Waals surface area contributed by atoms with E-state index in [0.29, 0.717) is 17.7 Å². The minimum atomic E-state index is -0.221. The Kier molecular flexibility index (Phi) is 6.16. The quantitative estimate of drug-likeness (QED) is 0.609. The van der Waals surface area contributed by atoms with Crippen molar-refractivity contribution in [2.45, 2.75) is 26.3 Å². The van der Waals surface area contributed by atoms with Gasteiger partial charge in [0.2, 0.25) is 0 Å². The maximum Gasteiger partial charge on any atom is 0.258 e. The number of aromatic nitrogens is 3. The molecule has 1 heterocycles. The van der Waals surface area contributed by atoms with Gasteiger partial charge in [-0.15, -0.1) is 0 Å². The van der Waals surface area contributed by atoms with E-state index in [1.807, 2.05) is 38.1 Å². The van der Waals surface area contributed by atoms with Crippen molar-refractivity contribution >= 4 is 11.7 Å². The molecule has 1 aromatic heterocycles. The van der Waals surface area contributed by atoms with E-state index in [4.69, 9.17) is 4.74 Å². The number of ketones is 1. The summed E-state index contributed by atoms with van der Waals surface area (Å²) < 4.78 is 7.17. The third-order valence-electron chi connectivity index (χ3n) is 4.32. The standard InChI is InChI=1S/C21H22N4O3/c1-3-20(26)17-6-10-19(11-7-17)28-12-21(27)24-15(2)16-4-8-18(9-5-16)25-14-22-13-23-25/h4-11,13-15H,3,12H2,1-2H3,(H,24,27). The Bertz CT molecular complexity index is 919. The molecular weight excluding hydrogens is 356 g/mol. The van der Waals surface area contributed by atoms with Crippen molar-refractivity contribution in [2.75, 3.05) is 6.61 Å². The van der Waals surface area contributed by atoms with Crippen LogP contribution in [0.5, 0.6) is 5.75 Å². The molecule has 0 fully saturated rings. The first-order valence-corrected chi connectivity index (χ1v) is 9.07. The zero-order valence-electron chi connectivity index (χ0n) is 15.8. The maximum atomic E-state index is 12.2. The van der Waals surface area contributed by atoms with E-state index in [-0.39, 0.29) is 24.3 Å². The lowest BCUT2D eigenvalue weighted by Gasteiger charge is -2.15. The average Bonchev–Trinajstić information content (AvgIpc) is 3.27. The van der Waals surface area contributed by atoms with E-state index >= 15 is 0 Å². The van der Waals surface area contributed by atoms with E-state index in [1.165, 1.54) is 6.33 Å². The second-order valence-corrected chi connectivity index (χ2v) is 6.31. The predicted octanol–water partition coefficient (Wildman–Crippen LogP) is 3.12. The number of hydrogen-bond acceptors (Lipinski definition) is 5. The summed E-state index contributed by atoms with van der Waals surface area (Å²) in [4.78, 5) is 27.7. The van der Waals surface area contributed by atoms with Crippen molar-refractivity contribution in [1.82, 2.24) is 20.1 Å². The molecule has 0 aliphatic heterocycles. The van der Waals surface area contributed by atoms with Crippen molar-refractivity contribution in [3.63, 3.8) is 0 Å². The highest BCUT2D eigenvalue weighted by Gasteiger charge is 2.11. The Balaban J connectivity index is 1.51. The summed E-state index contributed by atoms with van der Waals surface area (Å²) >= 11 is 0. The molecule has 144 valence electrons. The number of nitrogens with one attached hydrogen (secondary N) is 1. The van der Waals surface area contributed by atoms with Crippen LogP contribution in [-0.2, 0) is 4.79 Å². The summed E-state index contributed by atoms with van der Waals surface area (Å²) in [6.07, 6.45) is 3.56. The molecule has 2 aromatic carbocycles. The van der Waals surface area contributed by atoms with E-state index in [2.05, 4.69) is 15.4 Å². The zero-order chi connectivity index (χ0) is 19.9. The number of hydrogen-bond donors (Lipinski definition) is 1. The summed E-state index contributed by atoms with van der Waals surface area (Å²) in [5.74, 6) is 0.405. The van der Waals surface area contributed by atoms with Gasteiger partial charge >= 0.3 is 0 Å². The van der Waals surface area contributed by atoms with Crippen molar-refractivity contribution in [3.05, 3.63) is 72.3 Å². The van der Waals surface area contributed by atoms with Crippen molar-refractivity contribution in [3.8, 4) is 11.4 Å². The molecule has 1 unspecified atom stereocenters. The van der Waals surface area contributed by atoms with Gasteiger partial charge in [-0.25, -0.2) is 9.67 Å². The van der Waals surface area contributed by atoms with Crippen LogP contribution < -0.4 is 10.1 Å². The molecule has 0 spiro atoms. The second kappa shape index (κ2) is 8.94. The molecule has 1 amide bonds. The lowest BCUT2D eigenvalue weighted by atomic mass is 10.1. The minimum Gasteiger partial charge on any atom is -0.484 e. The summed E-state index contributed by atoms with van der Waals surface area (Å²) in [5.41, 5.74) is 2.51. The predicted molar refractivity (Wildman–Crippen MR) is 104 cm³/mol. The molecule has 0 saturated heterocycles. The van der Waals surface area contributed by atoms with E-state index in [0.717, 1.165) is 11.3 Å². The maximum absolute atomic E-state index is 12.2. The van der Waals surface area contributed by atoms with Crippen LogP contribution in [0.3, 0.4) is 0 Å². The fraction of sp³-hybridized carbons (Fsp3) is 0.238. The molecule has 1 N–H and O–H groups in total. The number of benzene rings is 2. The fourth-order valence-electron chi connectivity index (χ4n) is 2.71. The molecule has 1 atom stereocenters. The molecule has 3 rings (SSSR count). The van der Waals surface area contributed by atoms with Gasteiger partial charge in [0, 0.05) is 12.0 Å². The monoisotopic (exact) mass is 378 g/mol. The number of Topliss-reactive ketones (excluding diaryl/α,β-unsaturated/α-hetero) is 1. The SMILES string of the molecule is CCC(=O)c1ccc(OCC(=O)NC(C)c2ccc(-n3cncn3)cc2)cc1. The second-order valence-electron chi connectivity index (χ2n) is 6.31. The molecule has 0 saturated carbocycles. The van der Waals surface area contributed by atoms with Crippen LogP contribution in [-0.4, -0.2) is 33.1 Å². The van der Waals surface area contributed by atoms with E-state index < -0.39 is 0 Å². The number of carbonyl (C=O) groups excluding carboxylic acids is 2. The van der Waals surface area contributed by atoms with Gasteiger partial charge in [0.25, 0.3) is 5.91 Å². The molecule has 7 nitrogen and oxygen atoms in total. The Morgan fingerprint density at radius 2 is 1.82 bits per heavy atom. The summed E-state index contributed by atoms with van der Waals surface area (Å²) in [7, 11) is 0. The number of amides is 1. The number of rotatable bonds is 8. The van der Waals surface area contributed by atoms with Crippen LogP contribution in [0.1, 0.15) is 42.2 Å². The number of carbonyl (C=O) groups is 2. The Labute approximate surface area is 163 Å². The van der Waals surface area contributed by atoms with Gasteiger partial charge in [0.05, 0.1) is 11.7 Å². The lowest BCUT2D eigenvalue weighted by Crippen LogP contribution is -2.31. The normalized spacial score (nSPS) is 11.6. The molecule has 0 aliphatic carbocycles. The van der Waals surface area contributed by atoms with E-state index in [1.54, 1.807) is 35.3 Å². The molecule has 0 aliphatic rings. The highest BCUT2D eigenvalue weighted by molar-refractivity contribution is 5.95. The van der Waals surface area contributed by atoms with Gasteiger partial charge in [-0.1, -0.05) is 19.1 Å². The Morgan fingerprint density at radius 3 is 2.43 bits per heavy atom. The molecule has 7 heteroatoms. The third kappa shape index (κ3) is 4.82. The zero-order valence-corrected chi connectivity index (χ0v) is 15.8. The molecular formula is C21H22N4O3. The van der Waals surface area contributed by atoms with Gasteiger partial charge in [0.15, 0.2) is 12.4 Å². The Morgan fingerprint density at radius 1 is 1.11 bits per heavy atom. The van der Waals surface area contributed by atoms with Gasteiger partial charge in [-0.2, -0.15) is 5.10 Å². The molecule has 0 bridgehead atoms. The van der Waals surface area contributed by atoms with Crippen LogP contribution in [0.4, 0.5) is 0 Å². The topological polar surface area (TPSA) is 86.1 Å². The van der Waals surface area contributed by atoms with Crippen LogP contribution >= 0.6 is 0 Å².